The second-order valence-corrected chi connectivity index (χ2v) is 5.74. The first kappa shape index (κ1) is 17.2. The smallest absolute Gasteiger partial charge is 0.367 e. The summed E-state index contributed by atoms with van der Waals surface area (Å²) in [6, 6.07) is 2.99. The van der Waals surface area contributed by atoms with Crippen LogP contribution in [0.25, 0.3) is 0 Å². The highest BCUT2D eigenvalue weighted by Gasteiger charge is 2.27. The summed E-state index contributed by atoms with van der Waals surface area (Å²) in [5.41, 5.74) is 0.854. The first-order valence-corrected chi connectivity index (χ1v) is 7.84. The molecule has 0 aliphatic carbocycles. The molecule has 1 saturated heterocycles. The molecule has 1 aliphatic rings. The normalized spacial score (nSPS) is 15.5. The van der Waals surface area contributed by atoms with E-state index >= 15 is 0 Å². The number of hydrogen-bond donors (Lipinski definition) is 1. The number of anilines is 2. The number of aromatic nitrogens is 4. The molecule has 7 nitrogen and oxygen atoms in total. The van der Waals surface area contributed by atoms with E-state index < -0.39 is 12.6 Å². The van der Waals surface area contributed by atoms with E-state index in [4.69, 9.17) is 0 Å². The number of nitrogens with one attached hydrogen (secondary N) is 1. The fourth-order valence-corrected chi connectivity index (χ4v) is 2.65. The van der Waals surface area contributed by atoms with Crippen LogP contribution in [0.5, 0.6) is 0 Å². The summed E-state index contributed by atoms with van der Waals surface area (Å²) >= 11 is 0. The third-order valence-corrected chi connectivity index (χ3v) is 3.94. The van der Waals surface area contributed by atoms with E-state index in [0.717, 1.165) is 5.69 Å². The molecular formula is C15H17F3N6O. The zero-order valence-electron chi connectivity index (χ0n) is 13.3. The van der Waals surface area contributed by atoms with E-state index in [9.17, 15) is 18.0 Å². The lowest BCUT2D eigenvalue weighted by atomic mass is 10.2. The van der Waals surface area contributed by atoms with Crippen molar-refractivity contribution < 1.29 is 13.2 Å². The van der Waals surface area contributed by atoms with Gasteiger partial charge < -0.3 is 9.80 Å². The lowest BCUT2D eigenvalue weighted by molar-refractivity contribution is -0.134. The van der Waals surface area contributed by atoms with Gasteiger partial charge in [0.05, 0.1) is 11.9 Å². The second-order valence-electron chi connectivity index (χ2n) is 5.74. The number of aromatic amines is 1. The van der Waals surface area contributed by atoms with Crippen molar-refractivity contribution in [3.63, 3.8) is 0 Å². The molecule has 0 aromatic carbocycles. The van der Waals surface area contributed by atoms with Crippen molar-refractivity contribution in [3.8, 4) is 0 Å². The molecule has 0 amide bonds. The largest absolute Gasteiger partial charge is 0.389 e. The second kappa shape index (κ2) is 7.08. The summed E-state index contributed by atoms with van der Waals surface area (Å²) in [5, 5.41) is 6.11. The van der Waals surface area contributed by atoms with E-state index in [1.54, 1.807) is 6.20 Å². The van der Waals surface area contributed by atoms with Crippen LogP contribution in [-0.4, -0.2) is 52.5 Å². The third-order valence-electron chi connectivity index (χ3n) is 3.94. The van der Waals surface area contributed by atoms with Gasteiger partial charge in [-0.05, 0) is 12.5 Å². The molecule has 0 spiro atoms. The van der Waals surface area contributed by atoms with E-state index in [2.05, 4.69) is 20.2 Å². The molecular weight excluding hydrogens is 337 g/mol. The minimum absolute atomic E-state index is 0.155. The van der Waals surface area contributed by atoms with Crippen molar-refractivity contribution in [2.45, 2.75) is 19.0 Å². The van der Waals surface area contributed by atoms with Gasteiger partial charge in [0.25, 0.3) is 5.56 Å². The van der Waals surface area contributed by atoms with Crippen LogP contribution >= 0.6 is 0 Å². The van der Waals surface area contributed by atoms with Gasteiger partial charge in [-0.15, -0.1) is 0 Å². The Morgan fingerprint density at radius 3 is 2.56 bits per heavy atom. The van der Waals surface area contributed by atoms with Gasteiger partial charge in [0.15, 0.2) is 0 Å². The Labute approximate surface area is 141 Å². The lowest BCUT2D eigenvalue weighted by Crippen LogP contribution is -2.47. The van der Waals surface area contributed by atoms with Gasteiger partial charge in [-0.2, -0.15) is 18.3 Å². The van der Waals surface area contributed by atoms with Crippen molar-refractivity contribution >= 4 is 11.6 Å². The molecule has 0 unspecified atom stereocenters. The highest BCUT2D eigenvalue weighted by molar-refractivity contribution is 5.45. The van der Waals surface area contributed by atoms with Crippen LogP contribution in [-0.2, 0) is 6.42 Å². The van der Waals surface area contributed by atoms with Crippen molar-refractivity contribution in [3.05, 3.63) is 40.6 Å². The molecule has 0 bridgehead atoms. The van der Waals surface area contributed by atoms with Crippen LogP contribution in [0.4, 0.5) is 24.8 Å². The summed E-state index contributed by atoms with van der Waals surface area (Å²) in [5.74, 6) is 0.434. The molecule has 25 heavy (non-hydrogen) atoms. The number of H-pyrrole nitrogens is 1. The molecule has 10 heteroatoms. The molecule has 0 radical (unpaired) electrons. The maximum absolute atomic E-state index is 12.3. The number of halogens is 3. The Balaban J connectivity index is 1.62. The highest BCUT2D eigenvalue weighted by Crippen LogP contribution is 2.22. The molecule has 1 fully saturated rings. The van der Waals surface area contributed by atoms with Gasteiger partial charge in [-0.3, -0.25) is 4.79 Å². The van der Waals surface area contributed by atoms with Gasteiger partial charge >= 0.3 is 6.18 Å². The van der Waals surface area contributed by atoms with Crippen molar-refractivity contribution in [1.29, 1.82) is 0 Å². The zero-order valence-corrected chi connectivity index (χ0v) is 13.3. The van der Waals surface area contributed by atoms with Crippen LogP contribution in [0.3, 0.4) is 0 Å². The van der Waals surface area contributed by atoms with Gasteiger partial charge in [0, 0.05) is 50.6 Å². The number of hydrogen-bond acceptors (Lipinski definition) is 6. The lowest BCUT2D eigenvalue weighted by Gasteiger charge is -2.35. The average Bonchev–Trinajstić information content (AvgIpc) is 2.60. The zero-order chi connectivity index (χ0) is 17.9. The van der Waals surface area contributed by atoms with Crippen LogP contribution < -0.4 is 15.4 Å². The molecule has 3 heterocycles. The summed E-state index contributed by atoms with van der Waals surface area (Å²) < 4.78 is 37.0. The van der Waals surface area contributed by atoms with E-state index in [1.807, 2.05) is 9.80 Å². The van der Waals surface area contributed by atoms with Gasteiger partial charge in [-0.25, -0.2) is 15.1 Å². The monoisotopic (exact) mass is 354 g/mol. The predicted octanol–water partition coefficient (Wildman–Crippen LogP) is 1.38. The van der Waals surface area contributed by atoms with Crippen LogP contribution in [0, 0.1) is 0 Å². The molecule has 134 valence electrons. The molecule has 1 N–H and O–H groups in total. The van der Waals surface area contributed by atoms with Crippen molar-refractivity contribution in [2.24, 2.45) is 0 Å². The van der Waals surface area contributed by atoms with Crippen molar-refractivity contribution in [1.82, 2.24) is 20.2 Å². The first-order chi connectivity index (χ1) is 11.9. The maximum atomic E-state index is 12.3. The average molecular weight is 354 g/mol. The minimum Gasteiger partial charge on any atom is -0.367 e. The molecule has 2 aromatic heterocycles. The Bertz CT molecular complexity index is 770. The SMILES string of the molecule is O=c1cc(N2CCN(c3nccc(CCC(F)(F)F)n3)CC2)cn[nH]1. The van der Waals surface area contributed by atoms with E-state index in [1.165, 1.54) is 18.3 Å². The van der Waals surface area contributed by atoms with Gasteiger partial charge in [0.1, 0.15) is 0 Å². The minimum atomic E-state index is -4.20. The summed E-state index contributed by atoms with van der Waals surface area (Å²) in [6.07, 6.45) is -2.17. The predicted molar refractivity (Wildman–Crippen MR) is 85.7 cm³/mol. The number of piperazine rings is 1. The van der Waals surface area contributed by atoms with Crippen LogP contribution in [0.2, 0.25) is 0 Å². The van der Waals surface area contributed by atoms with Gasteiger partial charge in [0.2, 0.25) is 5.95 Å². The number of alkyl halides is 3. The van der Waals surface area contributed by atoms with E-state index in [-0.39, 0.29) is 12.0 Å². The summed E-state index contributed by atoms with van der Waals surface area (Å²) in [7, 11) is 0. The van der Waals surface area contributed by atoms with Crippen LogP contribution in [0.1, 0.15) is 12.1 Å². The maximum Gasteiger partial charge on any atom is 0.389 e. The van der Waals surface area contributed by atoms with Crippen LogP contribution in [0.15, 0.2) is 29.3 Å². The van der Waals surface area contributed by atoms with Crippen molar-refractivity contribution in [2.75, 3.05) is 36.0 Å². The number of nitrogens with zero attached hydrogens (tertiary/aromatic N) is 5. The standard InChI is InChI=1S/C15H17F3N6O/c16-15(17,18)3-1-11-2-4-19-14(21-11)24-7-5-23(6-8-24)12-9-13(25)22-20-10-12/h2,4,9-10H,1,3,5-8H2,(H,22,25). The van der Waals surface area contributed by atoms with Gasteiger partial charge in [-0.1, -0.05) is 0 Å². The number of aryl methyl sites for hydroxylation is 1. The number of rotatable bonds is 4. The molecule has 3 rings (SSSR count). The summed E-state index contributed by atoms with van der Waals surface area (Å²) in [4.78, 5) is 23.7. The third kappa shape index (κ3) is 4.68. The Morgan fingerprint density at radius 2 is 1.88 bits per heavy atom. The van der Waals surface area contributed by atoms with E-state index in [0.29, 0.717) is 37.8 Å². The molecule has 0 atom stereocenters. The molecule has 2 aromatic rings. The first-order valence-electron chi connectivity index (χ1n) is 7.84. The Hall–Kier alpha value is -2.65. The fourth-order valence-electron chi connectivity index (χ4n) is 2.65. The quantitative estimate of drug-likeness (QED) is 0.894. The summed E-state index contributed by atoms with van der Waals surface area (Å²) in [6.45, 7) is 2.49. The highest BCUT2D eigenvalue weighted by atomic mass is 19.4. The topological polar surface area (TPSA) is 78.0 Å². The Morgan fingerprint density at radius 1 is 1.16 bits per heavy atom. The fraction of sp³-hybridized carbons (Fsp3) is 0.467. The Kier molecular flexibility index (Phi) is 4.86. The molecule has 1 aliphatic heterocycles. The molecule has 0 saturated carbocycles.